The van der Waals surface area contributed by atoms with Crippen LogP contribution in [0.15, 0.2) is 46.4 Å². The number of carbonyl (C=O) groups excluding carboxylic acids is 2. The van der Waals surface area contributed by atoms with Gasteiger partial charge in [-0.25, -0.2) is 0 Å². The number of anilines is 1. The van der Waals surface area contributed by atoms with Gasteiger partial charge in [-0.2, -0.15) is 0 Å². The molecule has 2 amide bonds. The molecule has 1 saturated heterocycles. The van der Waals surface area contributed by atoms with Crippen LogP contribution in [0.4, 0.5) is 5.69 Å². The molecule has 1 aliphatic rings. The molecule has 0 saturated carbocycles. The Balaban J connectivity index is 2.09. The van der Waals surface area contributed by atoms with Crippen molar-refractivity contribution in [3.63, 3.8) is 0 Å². The van der Waals surface area contributed by atoms with Crippen molar-refractivity contribution < 1.29 is 14.7 Å². The topological polar surface area (TPSA) is 69.6 Å². The largest absolute Gasteiger partial charge is 0.506 e. The third-order valence-corrected chi connectivity index (χ3v) is 5.75. The standard InChI is InChI=1S/C17H9BrI2N2O3S/c18-9-2-1-3-11(6-9)22-16(25)12(15(24)21-17(22)26)5-8-4-10(19)7-13(20)14(8)23/h1-7,23H,(H,21,24,26). The summed E-state index contributed by atoms with van der Waals surface area (Å²) in [5, 5.41) is 12.8. The number of hydrogen-bond acceptors (Lipinski definition) is 4. The molecule has 0 radical (unpaired) electrons. The fraction of sp³-hybridized carbons (Fsp3) is 0. The SMILES string of the molecule is O=C1NC(=S)N(c2cccc(Br)c2)C(=O)C1=Cc1cc(I)cc(I)c1O. The van der Waals surface area contributed by atoms with Gasteiger partial charge < -0.3 is 5.11 Å². The summed E-state index contributed by atoms with van der Waals surface area (Å²) in [6.07, 6.45) is 1.38. The summed E-state index contributed by atoms with van der Waals surface area (Å²) in [6, 6.07) is 10.5. The molecule has 1 fully saturated rings. The quantitative estimate of drug-likeness (QED) is 0.221. The Kier molecular flexibility index (Phi) is 5.99. The molecule has 9 heteroatoms. The first-order chi connectivity index (χ1) is 12.3. The number of hydrogen-bond donors (Lipinski definition) is 2. The van der Waals surface area contributed by atoms with Crippen molar-refractivity contribution in [3.05, 3.63) is 59.1 Å². The van der Waals surface area contributed by atoms with Crippen molar-refractivity contribution in [2.24, 2.45) is 0 Å². The second-order valence-electron chi connectivity index (χ2n) is 5.26. The monoisotopic (exact) mass is 654 g/mol. The molecule has 26 heavy (non-hydrogen) atoms. The molecule has 0 unspecified atom stereocenters. The molecule has 5 nitrogen and oxygen atoms in total. The Hall–Kier alpha value is -1.05. The second-order valence-corrected chi connectivity index (χ2v) is 8.97. The Bertz CT molecular complexity index is 994. The summed E-state index contributed by atoms with van der Waals surface area (Å²) in [4.78, 5) is 26.5. The van der Waals surface area contributed by atoms with Gasteiger partial charge in [0, 0.05) is 13.6 Å². The molecule has 2 N–H and O–H groups in total. The summed E-state index contributed by atoms with van der Waals surface area (Å²) < 4.78 is 2.28. The van der Waals surface area contributed by atoms with Crippen molar-refractivity contribution in [2.45, 2.75) is 0 Å². The minimum Gasteiger partial charge on any atom is -0.506 e. The average molecular weight is 655 g/mol. The molecule has 2 aromatic rings. The zero-order valence-electron chi connectivity index (χ0n) is 12.8. The lowest BCUT2D eigenvalue weighted by molar-refractivity contribution is -0.122. The highest BCUT2D eigenvalue weighted by molar-refractivity contribution is 14.1. The van der Waals surface area contributed by atoms with E-state index in [1.807, 2.05) is 28.7 Å². The van der Waals surface area contributed by atoms with Gasteiger partial charge in [-0.05, 0) is 93.8 Å². The first-order valence-corrected chi connectivity index (χ1v) is 10.5. The van der Waals surface area contributed by atoms with E-state index in [4.69, 9.17) is 12.2 Å². The van der Waals surface area contributed by atoms with Gasteiger partial charge >= 0.3 is 0 Å². The number of nitrogens with zero attached hydrogens (tertiary/aromatic N) is 1. The Morgan fingerprint density at radius 2 is 1.92 bits per heavy atom. The molecular weight excluding hydrogens is 646 g/mol. The van der Waals surface area contributed by atoms with Crippen molar-refractivity contribution >= 4 is 102 Å². The lowest BCUT2D eigenvalue weighted by atomic mass is 10.1. The maximum atomic E-state index is 13.0. The van der Waals surface area contributed by atoms with Crippen molar-refractivity contribution in [1.29, 1.82) is 0 Å². The van der Waals surface area contributed by atoms with Crippen LogP contribution in [0.1, 0.15) is 5.56 Å². The molecular formula is C17H9BrI2N2O3S. The van der Waals surface area contributed by atoms with Gasteiger partial charge in [-0.1, -0.05) is 22.0 Å². The zero-order valence-corrected chi connectivity index (χ0v) is 19.5. The van der Waals surface area contributed by atoms with Gasteiger partial charge in [0.15, 0.2) is 5.11 Å². The minimum atomic E-state index is -0.598. The van der Waals surface area contributed by atoms with Crippen LogP contribution >= 0.6 is 73.3 Å². The van der Waals surface area contributed by atoms with E-state index in [2.05, 4.69) is 43.8 Å². The van der Waals surface area contributed by atoms with Crippen LogP contribution in [0.3, 0.4) is 0 Å². The predicted octanol–water partition coefficient (Wildman–Crippen LogP) is 4.20. The highest BCUT2D eigenvalue weighted by Gasteiger charge is 2.34. The third-order valence-electron chi connectivity index (χ3n) is 3.53. The molecule has 0 atom stereocenters. The number of benzene rings is 2. The number of amides is 2. The normalized spacial score (nSPS) is 16.2. The highest BCUT2D eigenvalue weighted by atomic mass is 127. The summed E-state index contributed by atoms with van der Waals surface area (Å²) in [6.45, 7) is 0. The van der Waals surface area contributed by atoms with E-state index < -0.39 is 11.8 Å². The van der Waals surface area contributed by atoms with Crippen LogP contribution in [0.2, 0.25) is 0 Å². The van der Waals surface area contributed by atoms with E-state index in [-0.39, 0.29) is 16.4 Å². The molecule has 0 bridgehead atoms. The molecule has 2 aromatic carbocycles. The Labute approximate surface area is 190 Å². The van der Waals surface area contributed by atoms with Crippen molar-refractivity contribution in [3.8, 4) is 5.75 Å². The summed E-state index contributed by atoms with van der Waals surface area (Å²) >= 11 is 12.6. The maximum Gasteiger partial charge on any atom is 0.270 e. The second kappa shape index (κ2) is 7.90. The van der Waals surface area contributed by atoms with E-state index in [0.717, 1.165) is 8.04 Å². The van der Waals surface area contributed by atoms with Crippen LogP contribution < -0.4 is 10.2 Å². The van der Waals surface area contributed by atoms with E-state index in [1.165, 1.54) is 11.0 Å². The van der Waals surface area contributed by atoms with Crippen LogP contribution in [-0.4, -0.2) is 22.0 Å². The van der Waals surface area contributed by atoms with Crippen LogP contribution in [0, 0.1) is 7.14 Å². The third kappa shape index (κ3) is 3.94. The van der Waals surface area contributed by atoms with Crippen LogP contribution in [0.25, 0.3) is 6.08 Å². The molecule has 3 rings (SSSR count). The van der Waals surface area contributed by atoms with Crippen LogP contribution in [0.5, 0.6) is 5.75 Å². The lowest BCUT2D eigenvalue weighted by Gasteiger charge is -2.29. The molecule has 0 spiro atoms. The number of aromatic hydroxyl groups is 1. The van der Waals surface area contributed by atoms with Gasteiger partial charge in [-0.3, -0.25) is 19.8 Å². The Morgan fingerprint density at radius 3 is 2.62 bits per heavy atom. The summed E-state index contributed by atoms with van der Waals surface area (Å²) in [5.74, 6) is -1.13. The number of thiocarbonyl (C=S) groups is 1. The molecule has 1 aliphatic heterocycles. The highest BCUT2D eigenvalue weighted by Crippen LogP contribution is 2.30. The number of phenols is 1. The average Bonchev–Trinajstić information content (AvgIpc) is 2.55. The van der Waals surface area contributed by atoms with Crippen LogP contribution in [-0.2, 0) is 9.59 Å². The Morgan fingerprint density at radius 1 is 1.19 bits per heavy atom. The smallest absolute Gasteiger partial charge is 0.270 e. The lowest BCUT2D eigenvalue weighted by Crippen LogP contribution is -2.54. The van der Waals surface area contributed by atoms with Gasteiger partial charge in [0.1, 0.15) is 11.3 Å². The van der Waals surface area contributed by atoms with E-state index in [1.54, 1.807) is 30.3 Å². The van der Waals surface area contributed by atoms with Gasteiger partial charge in [-0.15, -0.1) is 0 Å². The predicted molar refractivity (Wildman–Crippen MR) is 124 cm³/mol. The summed E-state index contributed by atoms with van der Waals surface area (Å²) in [5.41, 5.74) is 0.815. The van der Waals surface area contributed by atoms with Gasteiger partial charge in [0.25, 0.3) is 11.8 Å². The van der Waals surface area contributed by atoms with Gasteiger partial charge in [0.2, 0.25) is 0 Å². The van der Waals surface area contributed by atoms with Gasteiger partial charge in [0.05, 0.1) is 9.26 Å². The van der Waals surface area contributed by atoms with E-state index in [9.17, 15) is 14.7 Å². The number of phenolic OH excluding ortho intramolecular Hbond substituents is 1. The van der Waals surface area contributed by atoms with Crippen molar-refractivity contribution in [2.75, 3.05) is 4.90 Å². The zero-order chi connectivity index (χ0) is 19.0. The summed E-state index contributed by atoms with van der Waals surface area (Å²) in [7, 11) is 0. The maximum absolute atomic E-state index is 13.0. The van der Waals surface area contributed by atoms with Crippen molar-refractivity contribution in [1.82, 2.24) is 5.32 Å². The minimum absolute atomic E-state index is 0.0108. The fourth-order valence-corrected chi connectivity index (χ4v) is 4.92. The number of halogens is 3. The number of carbonyl (C=O) groups is 2. The number of nitrogens with one attached hydrogen (secondary N) is 1. The first-order valence-electron chi connectivity index (χ1n) is 7.13. The molecule has 132 valence electrons. The molecule has 1 heterocycles. The fourth-order valence-electron chi connectivity index (χ4n) is 2.36. The molecule has 0 aliphatic carbocycles. The molecule has 0 aromatic heterocycles. The number of rotatable bonds is 2. The van der Waals surface area contributed by atoms with E-state index >= 15 is 0 Å². The van der Waals surface area contributed by atoms with E-state index in [0.29, 0.717) is 14.8 Å². The first kappa shape index (κ1) is 19.7.